The fourth-order valence-electron chi connectivity index (χ4n) is 1.20. The summed E-state index contributed by atoms with van der Waals surface area (Å²) in [7, 11) is -0.194. The van der Waals surface area contributed by atoms with Gasteiger partial charge in [-0.05, 0) is 11.9 Å². The van der Waals surface area contributed by atoms with Crippen LogP contribution in [0.25, 0.3) is 0 Å². The van der Waals surface area contributed by atoms with Gasteiger partial charge in [-0.3, -0.25) is 0 Å². The molecule has 1 aliphatic rings. The molecule has 1 fully saturated rings. The van der Waals surface area contributed by atoms with Crippen LogP contribution in [0.3, 0.4) is 0 Å². The summed E-state index contributed by atoms with van der Waals surface area (Å²) in [6, 6.07) is 9.96. The first-order valence-corrected chi connectivity index (χ1v) is 4.10. The van der Waals surface area contributed by atoms with Crippen LogP contribution >= 0.6 is 0 Å². The van der Waals surface area contributed by atoms with E-state index in [1.165, 1.54) is 0 Å². The molecule has 0 aromatic heterocycles. The van der Waals surface area contributed by atoms with Crippen LogP contribution in [0.15, 0.2) is 30.3 Å². The Bertz CT molecular complexity index is 232. The zero-order valence-electron chi connectivity index (χ0n) is 6.77. The van der Waals surface area contributed by atoms with E-state index in [-0.39, 0.29) is 7.12 Å². The minimum absolute atomic E-state index is 0.194. The minimum Gasteiger partial charge on any atom is -0.407 e. The highest BCUT2D eigenvalue weighted by atomic mass is 16.6. The molecule has 0 amide bonds. The normalized spacial score (nSPS) is 17.8. The third kappa shape index (κ3) is 1.68. The van der Waals surface area contributed by atoms with Crippen LogP contribution in [-0.4, -0.2) is 13.7 Å². The predicted molar refractivity (Wildman–Crippen MR) is 47.8 cm³/mol. The van der Waals surface area contributed by atoms with E-state index in [9.17, 15) is 0 Å². The van der Waals surface area contributed by atoms with Gasteiger partial charge in [0.2, 0.25) is 0 Å². The van der Waals surface area contributed by atoms with Gasteiger partial charge in [-0.2, -0.15) is 0 Å². The van der Waals surface area contributed by atoms with Crippen LogP contribution in [0, 0.1) is 6.61 Å². The summed E-state index contributed by atoms with van der Waals surface area (Å²) < 4.78 is 10.7. The molecule has 12 heavy (non-hydrogen) atoms. The molecule has 0 spiro atoms. The third-order valence-electron chi connectivity index (χ3n) is 1.80. The second kappa shape index (κ2) is 3.74. The Labute approximate surface area is 72.6 Å². The van der Waals surface area contributed by atoms with Crippen LogP contribution in [-0.2, 0) is 9.31 Å². The lowest BCUT2D eigenvalue weighted by molar-refractivity contribution is 0.185. The van der Waals surface area contributed by atoms with Crippen molar-refractivity contribution in [2.45, 2.75) is 6.42 Å². The predicted octanol–water partition coefficient (Wildman–Crippen LogP) is 0.980. The lowest BCUT2D eigenvalue weighted by Gasteiger charge is -2.18. The van der Waals surface area contributed by atoms with Crippen LogP contribution in [0.2, 0.25) is 0 Å². The van der Waals surface area contributed by atoms with Crippen molar-refractivity contribution in [3.63, 3.8) is 0 Å². The Morgan fingerprint density at radius 2 is 2.00 bits per heavy atom. The smallest absolute Gasteiger partial charge is 0.407 e. The average molecular weight is 161 g/mol. The third-order valence-corrected chi connectivity index (χ3v) is 1.80. The molecule has 1 heterocycles. The van der Waals surface area contributed by atoms with Crippen molar-refractivity contribution in [1.29, 1.82) is 0 Å². The molecule has 1 aromatic carbocycles. The van der Waals surface area contributed by atoms with Crippen molar-refractivity contribution >= 4 is 12.6 Å². The van der Waals surface area contributed by atoms with Gasteiger partial charge in [-0.15, -0.1) is 0 Å². The molecular formula is C9H10BO2. The van der Waals surface area contributed by atoms with Gasteiger partial charge in [-0.25, -0.2) is 0 Å². The van der Waals surface area contributed by atoms with Crippen molar-refractivity contribution in [2.75, 3.05) is 6.61 Å². The van der Waals surface area contributed by atoms with E-state index in [1.54, 1.807) is 6.61 Å². The summed E-state index contributed by atoms with van der Waals surface area (Å²) in [5.74, 6) is 0. The fraction of sp³-hybridized carbons (Fsp3) is 0.222. The number of rotatable bonds is 1. The average Bonchev–Trinajstić information content (AvgIpc) is 2.21. The van der Waals surface area contributed by atoms with Gasteiger partial charge < -0.3 is 9.31 Å². The van der Waals surface area contributed by atoms with Crippen molar-refractivity contribution in [2.24, 2.45) is 0 Å². The Hall–Kier alpha value is -0.795. The molecular weight excluding hydrogens is 151 g/mol. The van der Waals surface area contributed by atoms with Gasteiger partial charge in [-0.1, -0.05) is 30.3 Å². The Balaban J connectivity index is 2.08. The maximum atomic E-state index is 5.41. The minimum atomic E-state index is -0.194. The van der Waals surface area contributed by atoms with Gasteiger partial charge >= 0.3 is 7.12 Å². The van der Waals surface area contributed by atoms with Gasteiger partial charge in [0.25, 0.3) is 0 Å². The molecule has 61 valence electrons. The van der Waals surface area contributed by atoms with E-state index in [0.29, 0.717) is 0 Å². The maximum absolute atomic E-state index is 5.41. The molecule has 0 N–H and O–H groups in total. The summed E-state index contributed by atoms with van der Waals surface area (Å²) in [6.07, 6.45) is 0.878. The second-order valence-electron chi connectivity index (χ2n) is 2.70. The van der Waals surface area contributed by atoms with Crippen LogP contribution < -0.4 is 5.46 Å². The van der Waals surface area contributed by atoms with E-state index in [0.717, 1.165) is 18.5 Å². The fourth-order valence-corrected chi connectivity index (χ4v) is 1.20. The molecule has 1 aliphatic heterocycles. The summed E-state index contributed by atoms with van der Waals surface area (Å²) in [6.45, 7) is 2.56. The molecule has 0 saturated carbocycles. The van der Waals surface area contributed by atoms with E-state index >= 15 is 0 Å². The molecule has 1 saturated heterocycles. The van der Waals surface area contributed by atoms with E-state index in [2.05, 4.69) is 0 Å². The molecule has 0 atom stereocenters. The topological polar surface area (TPSA) is 18.5 Å². The molecule has 1 radical (unpaired) electrons. The number of benzene rings is 1. The quantitative estimate of drug-likeness (QED) is 0.571. The highest BCUT2D eigenvalue weighted by Crippen LogP contribution is 2.04. The van der Waals surface area contributed by atoms with Crippen LogP contribution in [0.5, 0.6) is 0 Å². The van der Waals surface area contributed by atoms with Crippen molar-refractivity contribution in [1.82, 2.24) is 0 Å². The van der Waals surface area contributed by atoms with Gasteiger partial charge in [0.05, 0.1) is 6.61 Å². The summed E-state index contributed by atoms with van der Waals surface area (Å²) in [4.78, 5) is 0. The van der Waals surface area contributed by atoms with E-state index in [1.807, 2.05) is 30.3 Å². The summed E-state index contributed by atoms with van der Waals surface area (Å²) >= 11 is 0. The van der Waals surface area contributed by atoms with E-state index in [4.69, 9.17) is 9.31 Å². The summed E-state index contributed by atoms with van der Waals surface area (Å²) in [5.41, 5.74) is 1.08. The van der Waals surface area contributed by atoms with Crippen molar-refractivity contribution in [3.8, 4) is 0 Å². The Morgan fingerprint density at radius 1 is 1.17 bits per heavy atom. The molecule has 2 nitrogen and oxygen atoms in total. The van der Waals surface area contributed by atoms with Gasteiger partial charge in [0, 0.05) is 6.61 Å². The molecule has 0 bridgehead atoms. The maximum Gasteiger partial charge on any atom is 0.494 e. The first-order valence-electron chi connectivity index (χ1n) is 4.10. The lowest BCUT2D eigenvalue weighted by Crippen LogP contribution is -2.39. The van der Waals surface area contributed by atoms with Crippen molar-refractivity contribution in [3.05, 3.63) is 36.9 Å². The van der Waals surface area contributed by atoms with Crippen LogP contribution in [0.4, 0.5) is 0 Å². The van der Waals surface area contributed by atoms with Crippen molar-refractivity contribution < 1.29 is 9.31 Å². The molecule has 1 aromatic rings. The highest BCUT2D eigenvalue weighted by molar-refractivity contribution is 6.61. The monoisotopic (exact) mass is 161 g/mol. The zero-order valence-corrected chi connectivity index (χ0v) is 6.77. The largest absolute Gasteiger partial charge is 0.494 e. The Morgan fingerprint density at radius 3 is 2.67 bits per heavy atom. The van der Waals surface area contributed by atoms with Gasteiger partial charge in [0.15, 0.2) is 0 Å². The molecule has 0 aliphatic carbocycles. The first kappa shape index (κ1) is 7.83. The SMILES string of the molecule is [CH]1CCOB(c2ccccc2)O1. The number of hydrogen-bond donors (Lipinski definition) is 0. The highest BCUT2D eigenvalue weighted by Gasteiger charge is 2.23. The van der Waals surface area contributed by atoms with E-state index < -0.39 is 0 Å². The first-order chi connectivity index (χ1) is 5.97. The lowest BCUT2D eigenvalue weighted by atomic mass is 9.78. The Kier molecular flexibility index (Phi) is 2.44. The molecule has 3 heteroatoms. The number of hydrogen-bond acceptors (Lipinski definition) is 2. The standard InChI is InChI=1S/C9H10BO2/c1-2-5-9(6-3-1)10-11-7-4-8-12-10/h1-3,5-7H,4,8H2. The van der Waals surface area contributed by atoms with Gasteiger partial charge in [0.1, 0.15) is 0 Å². The molecule has 0 unspecified atom stereocenters. The summed E-state index contributed by atoms with van der Waals surface area (Å²) in [5, 5.41) is 0. The van der Waals surface area contributed by atoms with Crippen LogP contribution in [0.1, 0.15) is 6.42 Å². The molecule has 2 rings (SSSR count). The second-order valence-corrected chi connectivity index (χ2v) is 2.70. The zero-order chi connectivity index (χ0) is 8.23.